The number of benzene rings is 2. The van der Waals surface area contributed by atoms with Gasteiger partial charge in [-0.15, -0.1) is 0 Å². The summed E-state index contributed by atoms with van der Waals surface area (Å²) in [5.41, 5.74) is 2.34. The van der Waals surface area contributed by atoms with Crippen LogP contribution in [0.2, 0.25) is 5.02 Å². The highest BCUT2D eigenvalue weighted by atomic mass is 35.5. The van der Waals surface area contributed by atoms with Crippen LogP contribution in [0.25, 0.3) is 11.6 Å². The molecule has 0 aliphatic rings. The lowest BCUT2D eigenvalue weighted by Crippen LogP contribution is -1.90. The van der Waals surface area contributed by atoms with Gasteiger partial charge in [-0.05, 0) is 48.4 Å². The van der Waals surface area contributed by atoms with Crippen molar-refractivity contribution in [3.8, 4) is 11.8 Å². The number of nitrogens with zero attached hydrogens (tertiary/aromatic N) is 1. The molecule has 0 heterocycles. The van der Waals surface area contributed by atoms with Gasteiger partial charge in [0.2, 0.25) is 0 Å². The van der Waals surface area contributed by atoms with E-state index in [0.29, 0.717) is 17.2 Å². The molecule has 2 nitrogen and oxygen atoms in total. The maximum Gasteiger partial charge on any atom is 0.119 e. The highest BCUT2D eigenvalue weighted by Crippen LogP contribution is 2.22. The van der Waals surface area contributed by atoms with Crippen LogP contribution >= 0.6 is 11.6 Å². The van der Waals surface area contributed by atoms with Gasteiger partial charge in [-0.2, -0.15) is 5.26 Å². The minimum Gasteiger partial charge on any atom is -0.494 e. The molecule has 2 rings (SSSR count). The van der Waals surface area contributed by atoms with Crippen LogP contribution in [0.5, 0.6) is 5.75 Å². The first-order valence-electron chi connectivity index (χ1n) is 6.33. The highest BCUT2D eigenvalue weighted by Gasteiger charge is 2.02. The maximum absolute atomic E-state index is 9.28. The Balaban J connectivity index is 2.29. The fourth-order valence-electron chi connectivity index (χ4n) is 1.83. The third-order valence-corrected chi connectivity index (χ3v) is 2.99. The predicted octanol–water partition coefficient (Wildman–Crippen LogP) is 4.80. The van der Waals surface area contributed by atoms with Crippen molar-refractivity contribution in [1.29, 1.82) is 5.26 Å². The summed E-state index contributed by atoms with van der Waals surface area (Å²) in [5, 5.41) is 9.91. The molecule has 100 valence electrons. The Bertz CT molecular complexity index is 653. The van der Waals surface area contributed by atoms with E-state index in [1.807, 2.05) is 49.4 Å². The zero-order valence-electron chi connectivity index (χ0n) is 11.1. The number of hydrogen-bond donors (Lipinski definition) is 0. The Morgan fingerprint density at radius 3 is 2.60 bits per heavy atom. The summed E-state index contributed by atoms with van der Waals surface area (Å²) in [7, 11) is 0. The van der Waals surface area contributed by atoms with Gasteiger partial charge in [-0.1, -0.05) is 35.9 Å². The van der Waals surface area contributed by atoms with Gasteiger partial charge in [0, 0.05) is 5.02 Å². The van der Waals surface area contributed by atoms with E-state index in [4.69, 9.17) is 16.3 Å². The lowest BCUT2D eigenvalue weighted by atomic mass is 10.0. The van der Waals surface area contributed by atoms with E-state index in [1.54, 1.807) is 12.1 Å². The average molecular weight is 284 g/mol. The molecule has 0 saturated carbocycles. The Hall–Kier alpha value is -2.24. The molecule has 2 aromatic rings. The van der Waals surface area contributed by atoms with Gasteiger partial charge >= 0.3 is 0 Å². The van der Waals surface area contributed by atoms with Crippen molar-refractivity contribution in [2.75, 3.05) is 6.61 Å². The van der Waals surface area contributed by atoms with Gasteiger partial charge in [0.15, 0.2) is 0 Å². The standard InChI is InChI=1S/C17H14ClNO/c1-2-20-17-8-6-13(7-9-17)10-15(12-19)14-4-3-5-16(18)11-14/h3-11H,2H2,1H3/b15-10-. The molecule has 0 aliphatic heterocycles. The number of rotatable bonds is 4. The monoisotopic (exact) mass is 283 g/mol. The average Bonchev–Trinajstić information content (AvgIpc) is 2.47. The number of halogens is 1. The number of ether oxygens (including phenoxy) is 1. The lowest BCUT2D eigenvalue weighted by molar-refractivity contribution is 0.340. The molecule has 0 aliphatic carbocycles. The zero-order chi connectivity index (χ0) is 14.4. The molecule has 0 fully saturated rings. The Kier molecular flexibility index (Phi) is 4.81. The quantitative estimate of drug-likeness (QED) is 0.596. The summed E-state index contributed by atoms with van der Waals surface area (Å²) < 4.78 is 5.39. The van der Waals surface area contributed by atoms with E-state index in [9.17, 15) is 5.26 Å². The summed E-state index contributed by atoms with van der Waals surface area (Å²) in [6, 6.07) is 17.1. The molecule has 0 aromatic heterocycles. The van der Waals surface area contributed by atoms with E-state index in [0.717, 1.165) is 16.9 Å². The minimum atomic E-state index is 0.580. The van der Waals surface area contributed by atoms with Crippen molar-refractivity contribution in [3.05, 3.63) is 64.7 Å². The molecule has 0 atom stereocenters. The van der Waals surface area contributed by atoms with Crippen molar-refractivity contribution >= 4 is 23.3 Å². The molecule has 0 spiro atoms. The van der Waals surface area contributed by atoms with Crippen molar-refractivity contribution in [1.82, 2.24) is 0 Å². The van der Waals surface area contributed by atoms with E-state index in [2.05, 4.69) is 6.07 Å². The van der Waals surface area contributed by atoms with Gasteiger partial charge in [0.05, 0.1) is 18.2 Å². The van der Waals surface area contributed by atoms with Crippen molar-refractivity contribution in [2.45, 2.75) is 6.92 Å². The molecule has 0 N–H and O–H groups in total. The fraction of sp³-hybridized carbons (Fsp3) is 0.118. The van der Waals surface area contributed by atoms with Gasteiger partial charge in [-0.25, -0.2) is 0 Å². The van der Waals surface area contributed by atoms with Crippen molar-refractivity contribution < 1.29 is 4.74 Å². The third-order valence-electron chi connectivity index (χ3n) is 2.76. The van der Waals surface area contributed by atoms with Crippen molar-refractivity contribution in [2.24, 2.45) is 0 Å². The topological polar surface area (TPSA) is 33.0 Å². The van der Waals surface area contributed by atoms with E-state index < -0.39 is 0 Å². The molecule has 3 heteroatoms. The first-order valence-corrected chi connectivity index (χ1v) is 6.71. The van der Waals surface area contributed by atoms with E-state index >= 15 is 0 Å². The molecule has 0 bridgehead atoms. The highest BCUT2D eigenvalue weighted by molar-refractivity contribution is 6.30. The van der Waals surface area contributed by atoms with Gasteiger partial charge in [0.25, 0.3) is 0 Å². The number of hydrogen-bond acceptors (Lipinski definition) is 2. The van der Waals surface area contributed by atoms with Crippen LogP contribution in [-0.2, 0) is 0 Å². The zero-order valence-corrected chi connectivity index (χ0v) is 11.9. The Morgan fingerprint density at radius 2 is 2.00 bits per heavy atom. The van der Waals surface area contributed by atoms with Crippen LogP contribution in [0.15, 0.2) is 48.5 Å². The van der Waals surface area contributed by atoms with Crippen LogP contribution in [0.3, 0.4) is 0 Å². The van der Waals surface area contributed by atoms with Crippen LogP contribution in [-0.4, -0.2) is 6.61 Å². The first-order chi connectivity index (χ1) is 9.72. The van der Waals surface area contributed by atoms with Crippen molar-refractivity contribution in [3.63, 3.8) is 0 Å². The fourth-order valence-corrected chi connectivity index (χ4v) is 2.02. The Labute approximate surface area is 123 Å². The largest absolute Gasteiger partial charge is 0.494 e. The predicted molar refractivity (Wildman–Crippen MR) is 82.5 cm³/mol. The van der Waals surface area contributed by atoms with E-state index in [1.165, 1.54) is 0 Å². The van der Waals surface area contributed by atoms with Crippen LogP contribution in [0.4, 0.5) is 0 Å². The summed E-state index contributed by atoms with van der Waals surface area (Å²) in [6.45, 7) is 2.59. The SMILES string of the molecule is CCOc1ccc(/C=C(/C#N)c2cccc(Cl)c2)cc1. The third kappa shape index (κ3) is 3.63. The van der Waals surface area contributed by atoms with E-state index in [-0.39, 0.29) is 0 Å². The first kappa shape index (κ1) is 14.2. The second-order valence-electron chi connectivity index (χ2n) is 4.18. The van der Waals surface area contributed by atoms with Crippen LogP contribution in [0, 0.1) is 11.3 Å². The summed E-state index contributed by atoms with van der Waals surface area (Å²) >= 11 is 5.95. The second-order valence-corrected chi connectivity index (χ2v) is 4.62. The van der Waals surface area contributed by atoms with Gasteiger partial charge in [0.1, 0.15) is 5.75 Å². The van der Waals surface area contributed by atoms with Crippen LogP contribution in [0.1, 0.15) is 18.1 Å². The molecule has 2 aromatic carbocycles. The molecule has 20 heavy (non-hydrogen) atoms. The van der Waals surface area contributed by atoms with Gasteiger partial charge in [-0.3, -0.25) is 0 Å². The van der Waals surface area contributed by atoms with Crippen LogP contribution < -0.4 is 4.74 Å². The summed E-state index contributed by atoms with van der Waals surface area (Å²) in [4.78, 5) is 0. The number of allylic oxidation sites excluding steroid dienone is 1. The second kappa shape index (κ2) is 6.79. The minimum absolute atomic E-state index is 0.580. The normalized spacial score (nSPS) is 10.9. The lowest BCUT2D eigenvalue weighted by Gasteiger charge is -2.03. The molecule has 0 radical (unpaired) electrons. The molecule has 0 unspecified atom stereocenters. The molecular weight excluding hydrogens is 270 g/mol. The molecule has 0 amide bonds. The molecule has 0 saturated heterocycles. The molecular formula is C17H14ClNO. The summed E-state index contributed by atoms with van der Waals surface area (Å²) in [6.07, 6.45) is 1.83. The summed E-state index contributed by atoms with van der Waals surface area (Å²) in [5.74, 6) is 0.825. The number of nitriles is 1. The maximum atomic E-state index is 9.28. The van der Waals surface area contributed by atoms with Gasteiger partial charge < -0.3 is 4.74 Å². The Morgan fingerprint density at radius 1 is 1.25 bits per heavy atom. The smallest absolute Gasteiger partial charge is 0.119 e.